The first-order valence-electron chi connectivity index (χ1n) is 8.87. The highest BCUT2D eigenvalue weighted by Crippen LogP contribution is 2.36. The van der Waals surface area contributed by atoms with E-state index in [9.17, 15) is 4.79 Å². The Hall–Kier alpha value is -2.24. The van der Waals surface area contributed by atoms with Gasteiger partial charge in [0.15, 0.2) is 0 Å². The maximum absolute atomic E-state index is 13.0. The third-order valence-corrected chi connectivity index (χ3v) is 5.08. The lowest BCUT2D eigenvalue weighted by atomic mass is 9.92. The van der Waals surface area contributed by atoms with Crippen LogP contribution < -0.4 is 15.0 Å². The van der Waals surface area contributed by atoms with Gasteiger partial charge in [-0.25, -0.2) is 0 Å². The Labute approximate surface area is 157 Å². The molecule has 5 nitrogen and oxygen atoms in total. The van der Waals surface area contributed by atoms with Crippen LogP contribution in [0.1, 0.15) is 17.9 Å². The van der Waals surface area contributed by atoms with Gasteiger partial charge in [0.1, 0.15) is 5.75 Å². The number of carbonyl (C=O) groups excluding carboxylic acids is 1. The molecule has 4 rings (SSSR count). The Balaban J connectivity index is 1.59. The number of fused-ring (bicyclic) bond motifs is 1. The molecule has 6 heteroatoms. The number of anilines is 2. The second-order valence-electron chi connectivity index (χ2n) is 6.48. The molecule has 1 unspecified atom stereocenters. The summed E-state index contributed by atoms with van der Waals surface area (Å²) in [5.74, 6) is 0.535. The minimum Gasteiger partial charge on any atom is -0.493 e. The van der Waals surface area contributed by atoms with Crippen LogP contribution in [0.2, 0.25) is 5.02 Å². The summed E-state index contributed by atoms with van der Waals surface area (Å²) in [5.41, 5.74) is 2.66. The van der Waals surface area contributed by atoms with E-state index >= 15 is 0 Å². The molecule has 0 spiro atoms. The topological polar surface area (TPSA) is 50.8 Å². The van der Waals surface area contributed by atoms with Gasteiger partial charge >= 0.3 is 0 Å². The number of ether oxygens (including phenoxy) is 2. The molecule has 1 fully saturated rings. The van der Waals surface area contributed by atoms with Crippen LogP contribution in [0.5, 0.6) is 5.75 Å². The fourth-order valence-corrected chi connectivity index (χ4v) is 3.69. The van der Waals surface area contributed by atoms with E-state index in [0.717, 1.165) is 35.8 Å². The van der Waals surface area contributed by atoms with Crippen molar-refractivity contribution in [2.24, 2.45) is 0 Å². The molecule has 2 aromatic rings. The molecule has 1 N–H and O–H groups in total. The maximum atomic E-state index is 13.0. The number of benzene rings is 2. The number of nitrogens with one attached hydrogen (secondary N) is 1. The van der Waals surface area contributed by atoms with E-state index in [1.54, 1.807) is 0 Å². The normalized spacial score (nSPS) is 19.4. The van der Waals surface area contributed by atoms with Crippen molar-refractivity contribution in [2.75, 3.05) is 43.1 Å². The molecular formula is C20H21ClN2O3. The SMILES string of the molecule is O=C(Nc1cc(Cl)ccc1N1CCOCC1)C1CCOc2ccccc21. The molecule has 1 amide bonds. The first-order chi connectivity index (χ1) is 12.7. The van der Waals surface area contributed by atoms with Gasteiger partial charge in [-0.3, -0.25) is 4.79 Å². The molecule has 2 aliphatic heterocycles. The molecule has 1 atom stereocenters. The van der Waals surface area contributed by atoms with E-state index in [2.05, 4.69) is 10.2 Å². The van der Waals surface area contributed by atoms with Gasteiger partial charge in [-0.2, -0.15) is 0 Å². The second-order valence-corrected chi connectivity index (χ2v) is 6.91. The van der Waals surface area contributed by atoms with Gasteiger partial charge in [-0.05, 0) is 30.7 Å². The molecule has 2 aliphatic rings. The zero-order chi connectivity index (χ0) is 17.9. The van der Waals surface area contributed by atoms with Gasteiger partial charge in [0.05, 0.1) is 37.1 Å². The highest BCUT2D eigenvalue weighted by atomic mass is 35.5. The summed E-state index contributed by atoms with van der Waals surface area (Å²) in [4.78, 5) is 15.2. The van der Waals surface area contributed by atoms with E-state index in [4.69, 9.17) is 21.1 Å². The molecule has 0 aliphatic carbocycles. The average Bonchev–Trinajstić information content (AvgIpc) is 2.68. The first-order valence-corrected chi connectivity index (χ1v) is 9.25. The monoisotopic (exact) mass is 372 g/mol. The average molecular weight is 373 g/mol. The van der Waals surface area contributed by atoms with Crippen molar-refractivity contribution in [2.45, 2.75) is 12.3 Å². The van der Waals surface area contributed by atoms with Crippen molar-refractivity contribution >= 4 is 28.9 Å². The third-order valence-electron chi connectivity index (χ3n) is 4.84. The van der Waals surface area contributed by atoms with Crippen molar-refractivity contribution in [3.8, 4) is 5.75 Å². The zero-order valence-corrected chi connectivity index (χ0v) is 15.2. The zero-order valence-electron chi connectivity index (χ0n) is 14.4. The van der Waals surface area contributed by atoms with Gasteiger partial charge in [-0.1, -0.05) is 29.8 Å². The Bertz CT molecular complexity index is 805. The molecule has 26 heavy (non-hydrogen) atoms. The number of morpholine rings is 1. The van der Waals surface area contributed by atoms with Crippen LogP contribution in [-0.4, -0.2) is 38.8 Å². The minimum atomic E-state index is -0.225. The maximum Gasteiger partial charge on any atom is 0.232 e. The molecule has 1 saturated heterocycles. The van der Waals surface area contributed by atoms with Gasteiger partial charge < -0.3 is 19.7 Å². The molecule has 136 valence electrons. The lowest BCUT2D eigenvalue weighted by molar-refractivity contribution is -0.118. The summed E-state index contributed by atoms with van der Waals surface area (Å²) >= 11 is 6.19. The Morgan fingerprint density at radius 3 is 2.77 bits per heavy atom. The van der Waals surface area contributed by atoms with Crippen LogP contribution >= 0.6 is 11.6 Å². The highest BCUT2D eigenvalue weighted by molar-refractivity contribution is 6.31. The minimum absolute atomic E-state index is 0.0301. The van der Waals surface area contributed by atoms with Crippen LogP contribution in [-0.2, 0) is 9.53 Å². The smallest absolute Gasteiger partial charge is 0.232 e. The number of rotatable bonds is 3. The van der Waals surface area contributed by atoms with Crippen LogP contribution in [0.15, 0.2) is 42.5 Å². The Morgan fingerprint density at radius 1 is 1.12 bits per heavy atom. The third kappa shape index (κ3) is 3.50. The van der Waals surface area contributed by atoms with Gasteiger partial charge in [0.25, 0.3) is 0 Å². The quantitative estimate of drug-likeness (QED) is 0.892. The highest BCUT2D eigenvalue weighted by Gasteiger charge is 2.28. The molecule has 2 heterocycles. The van der Waals surface area contributed by atoms with E-state index in [0.29, 0.717) is 31.3 Å². The van der Waals surface area contributed by atoms with Gasteiger partial charge in [0, 0.05) is 23.7 Å². The molecule has 2 aromatic carbocycles. The van der Waals surface area contributed by atoms with Gasteiger partial charge in [0.2, 0.25) is 5.91 Å². The number of hydrogen-bond acceptors (Lipinski definition) is 4. The van der Waals surface area contributed by atoms with E-state index in [1.807, 2.05) is 42.5 Å². The van der Waals surface area contributed by atoms with Crippen molar-refractivity contribution in [1.82, 2.24) is 0 Å². The van der Waals surface area contributed by atoms with Crippen molar-refractivity contribution in [3.63, 3.8) is 0 Å². The predicted molar refractivity (Wildman–Crippen MR) is 102 cm³/mol. The van der Waals surface area contributed by atoms with E-state index < -0.39 is 0 Å². The van der Waals surface area contributed by atoms with E-state index in [-0.39, 0.29) is 11.8 Å². The lowest BCUT2D eigenvalue weighted by Gasteiger charge is -2.31. The fourth-order valence-electron chi connectivity index (χ4n) is 3.52. The van der Waals surface area contributed by atoms with Crippen LogP contribution in [0.25, 0.3) is 0 Å². The molecular weight excluding hydrogens is 352 g/mol. The summed E-state index contributed by atoms with van der Waals surface area (Å²) < 4.78 is 11.1. The number of carbonyl (C=O) groups is 1. The molecule has 0 aromatic heterocycles. The summed E-state index contributed by atoms with van der Waals surface area (Å²) in [6, 6.07) is 13.4. The van der Waals surface area contributed by atoms with Gasteiger partial charge in [-0.15, -0.1) is 0 Å². The number of amides is 1. The second kappa shape index (κ2) is 7.56. The first kappa shape index (κ1) is 17.2. The molecule has 0 radical (unpaired) electrons. The lowest BCUT2D eigenvalue weighted by Crippen LogP contribution is -2.37. The Kier molecular flexibility index (Phi) is 5.00. The fraction of sp³-hybridized carbons (Fsp3) is 0.350. The number of para-hydroxylation sites is 1. The number of nitrogens with zero attached hydrogens (tertiary/aromatic N) is 1. The molecule has 0 bridgehead atoms. The van der Waals surface area contributed by atoms with Crippen LogP contribution in [0.3, 0.4) is 0 Å². The van der Waals surface area contributed by atoms with Crippen molar-refractivity contribution in [3.05, 3.63) is 53.1 Å². The summed E-state index contributed by atoms with van der Waals surface area (Å²) in [6.07, 6.45) is 0.663. The Morgan fingerprint density at radius 2 is 1.92 bits per heavy atom. The van der Waals surface area contributed by atoms with Crippen LogP contribution in [0.4, 0.5) is 11.4 Å². The summed E-state index contributed by atoms with van der Waals surface area (Å²) in [5, 5.41) is 3.70. The largest absolute Gasteiger partial charge is 0.493 e. The van der Waals surface area contributed by atoms with E-state index in [1.165, 1.54) is 0 Å². The molecule has 0 saturated carbocycles. The standard InChI is InChI=1S/C20H21ClN2O3/c21-14-5-6-18(23-8-11-25-12-9-23)17(13-14)22-20(24)16-7-10-26-19-4-2-1-3-15(16)19/h1-6,13,16H,7-12H2,(H,22,24). The summed E-state index contributed by atoms with van der Waals surface area (Å²) in [6.45, 7) is 3.50. The van der Waals surface area contributed by atoms with Crippen molar-refractivity contribution < 1.29 is 14.3 Å². The predicted octanol–water partition coefficient (Wildman–Crippen LogP) is 3.68. The number of halogens is 1. The summed E-state index contributed by atoms with van der Waals surface area (Å²) in [7, 11) is 0. The van der Waals surface area contributed by atoms with Crippen molar-refractivity contribution in [1.29, 1.82) is 0 Å². The van der Waals surface area contributed by atoms with Crippen LogP contribution in [0, 0.1) is 0 Å². The number of hydrogen-bond donors (Lipinski definition) is 1.